The molecule has 2 aliphatic heterocycles. The SMILES string of the molecule is C[C@@]1(Cc2ccccc2)CCB2CC[C@@H](C(=O)N[C@@H](CCc3cnc(NC(=O)OCc4ccccc4)[nH]3)C(=O)c3nc4ccccc4s3)N2C1=O. The van der Waals surface area contributed by atoms with Gasteiger partial charge in [0.15, 0.2) is 5.01 Å². The second kappa shape index (κ2) is 14.9. The Labute approximate surface area is 300 Å². The predicted molar refractivity (Wildman–Crippen MR) is 197 cm³/mol. The highest BCUT2D eigenvalue weighted by Gasteiger charge is 2.52. The van der Waals surface area contributed by atoms with Crippen molar-refractivity contribution in [1.82, 2.24) is 25.1 Å². The summed E-state index contributed by atoms with van der Waals surface area (Å²) in [5.74, 6) is -0.419. The molecule has 5 aromatic rings. The maximum absolute atomic E-state index is 14.1. The van der Waals surface area contributed by atoms with Crippen LogP contribution in [0.15, 0.2) is 91.1 Å². The number of para-hydroxylation sites is 1. The van der Waals surface area contributed by atoms with Gasteiger partial charge in [-0.05, 0) is 55.4 Å². The summed E-state index contributed by atoms with van der Waals surface area (Å²) in [6, 6.07) is 25.3. The Balaban J connectivity index is 1.04. The second-order valence-corrected chi connectivity index (χ2v) is 14.6. The van der Waals surface area contributed by atoms with Crippen LogP contribution < -0.4 is 10.6 Å². The molecular weight excluding hydrogens is 663 g/mol. The van der Waals surface area contributed by atoms with E-state index in [-0.39, 0.29) is 43.4 Å². The largest absolute Gasteiger partial charge is 0.444 e. The lowest BCUT2D eigenvalue weighted by atomic mass is 9.50. The fourth-order valence-corrected chi connectivity index (χ4v) is 8.17. The Bertz CT molecular complexity index is 2000. The number of aromatic nitrogens is 3. The first-order valence-corrected chi connectivity index (χ1v) is 18.2. The highest BCUT2D eigenvalue weighted by molar-refractivity contribution is 7.20. The monoisotopic (exact) mass is 702 g/mol. The smallest absolute Gasteiger partial charge is 0.414 e. The highest BCUT2D eigenvalue weighted by Crippen LogP contribution is 2.42. The van der Waals surface area contributed by atoms with Crippen molar-refractivity contribution in [3.8, 4) is 0 Å². The molecule has 13 heteroatoms. The second-order valence-electron chi connectivity index (χ2n) is 13.6. The number of fused-ring (bicyclic) bond motifs is 2. The molecule has 0 aliphatic carbocycles. The van der Waals surface area contributed by atoms with Gasteiger partial charge in [0, 0.05) is 11.1 Å². The number of nitrogens with zero attached hydrogens (tertiary/aromatic N) is 3. The van der Waals surface area contributed by atoms with Crippen LogP contribution in [0.3, 0.4) is 0 Å². The summed E-state index contributed by atoms with van der Waals surface area (Å²) in [5, 5.41) is 5.94. The van der Waals surface area contributed by atoms with E-state index in [1.54, 1.807) is 11.0 Å². The quantitative estimate of drug-likeness (QED) is 0.102. The van der Waals surface area contributed by atoms with Gasteiger partial charge in [-0.15, -0.1) is 11.3 Å². The van der Waals surface area contributed by atoms with E-state index in [1.807, 2.05) is 91.9 Å². The third-order valence-electron chi connectivity index (χ3n) is 9.92. The number of carbonyl (C=O) groups excluding carboxylic acids is 4. The average molecular weight is 703 g/mol. The van der Waals surface area contributed by atoms with E-state index in [9.17, 15) is 19.2 Å². The van der Waals surface area contributed by atoms with Gasteiger partial charge in [0.2, 0.25) is 23.5 Å². The molecule has 51 heavy (non-hydrogen) atoms. The molecule has 3 N–H and O–H groups in total. The van der Waals surface area contributed by atoms with Crippen molar-refractivity contribution in [3.05, 3.63) is 113 Å². The summed E-state index contributed by atoms with van der Waals surface area (Å²) in [6.45, 7) is 2.12. The number of ketones is 1. The first kappa shape index (κ1) is 34.2. The molecule has 0 spiro atoms. The average Bonchev–Trinajstić information content (AvgIpc) is 3.90. The van der Waals surface area contributed by atoms with Crippen LogP contribution >= 0.6 is 11.3 Å². The van der Waals surface area contributed by atoms with Crippen LogP contribution in [0.4, 0.5) is 10.7 Å². The Morgan fingerprint density at radius 3 is 2.51 bits per heavy atom. The molecule has 260 valence electrons. The third kappa shape index (κ3) is 7.73. The summed E-state index contributed by atoms with van der Waals surface area (Å²) in [6.07, 6.45) is 5.02. The van der Waals surface area contributed by atoms with Crippen LogP contribution in [0.1, 0.15) is 52.8 Å². The molecule has 11 nitrogen and oxygen atoms in total. The fourth-order valence-electron chi connectivity index (χ4n) is 7.21. The normalized spacial score (nSPS) is 19.1. The van der Waals surface area contributed by atoms with E-state index in [0.29, 0.717) is 30.0 Å². The molecule has 0 radical (unpaired) electrons. The number of imidazole rings is 1. The number of benzene rings is 3. The van der Waals surface area contributed by atoms with Gasteiger partial charge in [0.1, 0.15) is 6.61 Å². The van der Waals surface area contributed by atoms with E-state index in [0.717, 1.165) is 40.4 Å². The molecule has 0 saturated carbocycles. The van der Waals surface area contributed by atoms with Crippen molar-refractivity contribution in [3.63, 3.8) is 0 Å². The molecule has 3 atom stereocenters. The van der Waals surface area contributed by atoms with Crippen LogP contribution in [0.25, 0.3) is 10.2 Å². The number of aryl methyl sites for hydroxylation is 1. The standard InChI is InChI=1S/C38H39BN6O5S/c1-38(22-25-10-4-2-5-11-25)19-21-39-20-18-30(45(39)35(38)48)33(47)42-29(32(46)34-43-28-14-8-9-15-31(28)51-34)17-16-27-23-40-36(41-27)44-37(49)50-24-26-12-6-3-7-13-26/h2-15,23,29-30H,16-22,24H2,1H3,(H,42,47)(H2,40,41,44,49)/t29-,30-,38-/m0/s1. The van der Waals surface area contributed by atoms with Gasteiger partial charge >= 0.3 is 6.09 Å². The Morgan fingerprint density at radius 1 is 1.02 bits per heavy atom. The highest BCUT2D eigenvalue weighted by atomic mass is 32.1. The molecule has 0 bridgehead atoms. The lowest BCUT2D eigenvalue weighted by molar-refractivity contribution is -0.143. The van der Waals surface area contributed by atoms with Crippen LogP contribution in [0, 0.1) is 5.41 Å². The van der Waals surface area contributed by atoms with Crippen LogP contribution in [0.2, 0.25) is 12.6 Å². The summed E-state index contributed by atoms with van der Waals surface area (Å²) >= 11 is 1.29. The summed E-state index contributed by atoms with van der Waals surface area (Å²) < 4.78 is 6.17. The number of nitrogens with one attached hydrogen (secondary N) is 3. The zero-order chi connectivity index (χ0) is 35.4. The zero-order valence-electron chi connectivity index (χ0n) is 28.3. The molecule has 3 aromatic carbocycles. The number of anilines is 1. The van der Waals surface area contributed by atoms with E-state index in [1.165, 1.54) is 11.3 Å². The molecule has 3 amide bonds. The minimum atomic E-state index is -0.900. The van der Waals surface area contributed by atoms with Gasteiger partial charge in [-0.2, -0.15) is 0 Å². The van der Waals surface area contributed by atoms with Crippen LogP contribution in [0.5, 0.6) is 0 Å². The number of carbonyl (C=O) groups is 4. The van der Waals surface area contributed by atoms with Crippen molar-refractivity contribution in [2.24, 2.45) is 5.41 Å². The van der Waals surface area contributed by atoms with Crippen LogP contribution in [-0.2, 0) is 33.8 Å². The number of rotatable bonds is 12. The van der Waals surface area contributed by atoms with E-state index < -0.39 is 23.6 Å². The van der Waals surface area contributed by atoms with Crippen LogP contribution in [-0.4, -0.2) is 62.4 Å². The molecular formula is C38H39BN6O5S. The summed E-state index contributed by atoms with van der Waals surface area (Å²) in [5.41, 5.74) is 2.72. The molecule has 2 aromatic heterocycles. The van der Waals surface area contributed by atoms with Crippen molar-refractivity contribution < 1.29 is 23.9 Å². The molecule has 4 heterocycles. The van der Waals surface area contributed by atoms with E-state index >= 15 is 0 Å². The minimum absolute atomic E-state index is 0.00538. The predicted octanol–water partition coefficient (Wildman–Crippen LogP) is 6.31. The van der Waals surface area contributed by atoms with E-state index in [4.69, 9.17) is 4.74 Å². The van der Waals surface area contributed by atoms with Crippen molar-refractivity contribution >= 4 is 58.0 Å². The number of aromatic amines is 1. The maximum atomic E-state index is 14.1. The lowest BCUT2D eigenvalue weighted by Gasteiger charge is -2.43. The van der Waals surface area contributed by atoms with Crippen molar-refractivity contribution in [1.29, 1.82) is 0 Å². The summed E-state index contributed by atoms with van der Waals surface area (Å²) in [7, 11) is 0. The number of Topliss-reactive ketones (excluding diaryl/α,β-unsaturated/α-hetero) is 1. The van der Waals surface area contributed by atoms with Crippen molar-refractivity contribution in [2.45, 2.75) is 70.4 Å². The maximum Gasteiger partial charge on any atom is 0.414 e. The summed E-state index contributed by atoms with van der Waals surface area (Å²) in [4.78, 5) is 68.3. The van der Waals surface area contributed by atoms with Gasteiger partial charge in [0.25, 0.3) is 6.85 Å². The topological polar surface area (TPSA) is 146 Å². The number of H-pyrrole nitrogens is 1. The Morgan fingerprint density at radius 2 is 1.75 bits per heavy atom. The first-order chi connectivity index (χ1) is 24.8. The zero-order valence-corrected chi connectivity index (χ0v) is 29.2. The number of ether oxygens (including phenoxy) is 1. The van der Waals surface area contributed by atoms with Gasteiger partial charge < -0.3 is 19.8 Å². The van der Waals surface area contributed by atoms with Gasteiger partial charge in [-0.25, -0.2) is 14.8 Å². The number of thiazole rings is 1. The lowest BCUT2D eigenvalue weighted by Crippen LogP contribution is -2.59. The molecule has 2 saturated heterocycles. The van der Waals surface area contributed by atoms with Gasteiger partial charge in [-0.3, -0.25) is 19.7 Å². The van der Waals surface area contributed by atoms with Crippen molar-refractivity contribution in [2.75, 3.05) is 5.32 Å². The number of hydrogen-bond acceptors (Lipinski definition) is 8. The van der Waals surface area contributed by atoms with E-state index in [2.05, 4.69) is 25.6 Å². The van der Waals surface area contributed by atoms with Gasteiger partial charge in [0.05, 0.1) is 28.5 Å². The Kier molecular flexibility index (Phi) is 9.98. The third-order valence-corrected chi connectivity index (χ3v) is 11.0. The molecule has 7 rings (SSSR count). The molecule has 2 aliphatic rings. The molecule has 2 fully saturated rings. The fraction of sp³-hybridized carbons (Fsp3) is 0.316. The first-order valence-electron chi connectivity index (χ1n) is 17.3. The molecule has 0 unspecified atom stereocenters. The minimum Gasteiger partial charge on any atom is -0.444 e. The van der Waals surface area contributed by atoms with Gasteiger partial charge in [-0.1, -0.05) is 92.4 Å². The Hall–Kier alpha value is -5.30. The number of amides is 3. The number of hydrogen-bond donors (Lipinski definition) is 3.